The molecule has 0 spiro atoms. The van der Waals surface area contributed by atoms with Crippen LogP contribution in [0.2, 0.25) is 0 Å². The van der Waals surface area contributed by atoms with E-state index < -0.39 is 17.4 Å². The van der Waals surface area contributed by atoms with E-state index in [0.717, 1.165) is 31.0 Å². The first-order chi connectivity index (χ1) is 18.7. The summed E-state index contributed by atoms with van der Waals surface area (Å²) in [4.78, 5) is 23.3. The molecular formula is C31H32F2N4O2. The third-order valence-electron chi connectivity index (χ3n) is 8.18. The number of hydrogen-bond donors (Lipinski definition) is 1. The standard InChI is InChI=1S/C31H32F2N4O2/c1-17(2)20-8-5-6-10-24(20)37-30-21(14-23(33)27(34-30)26-22(32)9-7-11-25(26)38)28-29(31(37)39)35(4)16-19-13-12-18(3)15-36(19)28/h5-11,14,17-19,38H,12-13,15-16H2,1-4H3/t18-,19+/m0/s1. The van der Waals surface area contributed by atoms with E-state index in [2.05, 4.69) is 16.8 Å². The van der Waals surface area contributed by atoms with Crippen LogP contribution < -0.4 is 15.4 Å². The minimum absolute atomic E-state index is 0.0970. The highest BCUT2D eigenvalue weighted by atomic mass is 19.1. The number of likely N-dealkylation sites (N-methyl/N-ethyl adjacent to an activating group) is 1. The fourth-order valence-electron chi connectivity index (χ4n) is 6.29. The molecule has 6 rings (SSSR count). The van der Waals surface area contributed by atoms with Crippen LogP contribution >= 0.6 is 0 Å². The molecule has 1 fully saturated rings. The van der Waals surface area contributed by atoms with Gasteiger partial charge in [0.05, 0.1) is 16.9 Å². The number of aromatic hydroxyl groups is 1. The van der Waals surface area contributed by atoms with Gasteiger partial charge in [0.25, 0.3) is 5.56 Å². The molecule has 2 aliphatic heterocycles. The molecule has 0 aliphatic carbocycles. The Kier molecular flexibility index (Phi) is 6.08. The van der Waals surface area contributed by atoms with Gasteiger partial charge in [-0.1, -0.05) is 45.0 Å². The van der Waals surface area contributed by atoms with E-state index in [1.807, 2.05) is 50.1 Å². The van der Waals surface area contributed by atoms with Crippen LogP contribution in [-0.2, 0) is 0 Å². The Balaban J connectivity index is 1.77. The molecule has 8 heteroatoms. The fraction of sp³-hybridized carbons (Fsp3) is 0.355. The van der Waals surface area contributed by atoms with E-state index in [-0.39, 0.29) is 34.4 Å². The largest absolute Gasteiger partial charge is 0.507 e. The number of para-hydroxylation sites is 1. The monoisotopic (exact) mass is 530 g/mol. The number of hydrogen-bond acceptors (Lipinski definition) is 5. The maximum absolute atomic E-state index is 15.9. The first-order valence-corrected chi connectivity index (χ1v) is 13.5. The lowest BCUT2D eigenvalue weighted by Gasteiger charge is -2.47. The number of pyridine rings is 2. The molecule has 0 amide bonds. The number of phenolic OH excluding ortho intramolecular Hbond substituents is 1. The molecule has 4 heterocycles. The van der Waals surface area contributed by atoms with Gasteiger partial charge in [-0.3, -0.25) is 9.36 Å². The van der Waals surface area contributed by atoms with Crippen LogP contribution in [-0.4, -0.2) is 40.8 Å². The number of phenols is 1. The van der Waals surface area contributed by atoms with Gasteiger partial charge in [0.15, 0.2) is 11.5 Å². The van der Waals surface area contributed by atoms with Gasteiger partial charge in [-0.2, -0.15) is 0 Å². The molecular weight excluding hydrogens is 498 g/mol. The first kappa shape index (κ1) is 25.3. The van der Waals surface area contributed by atoms with Crippen molar-refractivity contribution >= 4 is 22.4 Å². The number of piperidine rings is 1. The Labute approximate surface area is 226 Å². The van der Waals surface area contributed by atoms with Crippen molar-refractivity contribution in [2.75, 3.05) is 29.9 Å². The van der Waals surface area contributed by atoms with E-state index >= 15 is 4.39 Å². The average molecular weight is 531 g/mol. The summed E-state index contributed by atoms with van der Waals surface area (Å²) in [6.07, 6.45) is 2.06. The Bertz CT molecular complexity index is 1640. The average Bonchev–Trinajstić information content (AvgIpc) is 2.89. The van der Waals surface area contributed by atoms with Crippen molar-refractivity contribution in [3.05, 3.63) is 76.1 Å². The molecule has 2 aliphatic rings. The molecule has 6 nitrogen and oxygen atoms in total. The molecule has 0 radical (unpaired) electrons. The number of benzene rings is 2. The highest BCUT2D eigenvalue weighted by Crippen LogP contribution is 2.44. The van der Waals surface area contributed by atoms with Gasteiger partial charge in [-0.25, -0.2) is 13.8 Å². The van der Waals surface area contributed by atoms with Crippen molar-refractivity contribution < 1.29 is 13.9 Å². The van der Waals surface area contributed by atoms with Gasteiger partial charge in [0.2, 0.25) is 0 Å². The lowest BCUT2D eigenvalue weighted by atomic mass is 9.90. The Morgan fingerprint density at radius 2 is 1.77 bits per heavy atom. The number of anilines is 2. The molecule has 4 aromatic rings. The summed E-state index contributed by atoms with van der Waals surface area (Å²) < 4.78 is 32.4. The van der Waals surface area contributed by atoms with Gasteiger partial charge < -0.3 is 14.9 Å². The second-order valence-corrected chi connectivity index (χ2v) is 11.2. The minimum atomic E-state index is -0.792. The summed E-state index contributed by atoms with van der Waals surface area (Å²) in [5, 5.41) is 11.0. The smallest absolute Gasteiger partial charge is 0.282 e. The lowest BCUT2D eigenvalue weighted by molar-refractivity contribution is 0.371. The molecule has 0 bridgehead atoms. The van der Waals surface area contributed by atoms with Gasteiger partial charge in [-0.05, 0) is 54.5 Å². The van der Waals surface area contributed by atoms with Crippen molar-refractivity contribution in [1.82, 2.24) is 9.55 Å². The second-order valence-electron chi connectivity index (χ2n) is 11.2. The van der Waals surface area contributed by atoms with Crippen molar-refractivity contribution in [2.45, 2.75) is 45.6 Å². The summed E-state index contributed by atoms with van der Waals surface area (Å²) in [6, 6.07) is 13.0. The number of fused-ring (bicyclic) bond motifs is 5. The minimum Gasteiger partial charge on any atom is -0.507 e. The zero-order valence-electron chi connectivity index (χ0n) is 22.6. The molecule has 0 saturated carbocycles. The van der Waals surface area contributed by atoms with Crippen LogP contribution in [0.5, 0.6) is 5.75 Å². The molecule has 1 saturated heterocycles. The molecule has 39 heavy (non-hydrogen) atoms. The fourth-order valence-corrected chi connectivity index (χ4v) is 6.29. The van der Waals surface area contributed by atoms with Crippen molar-refractivity contribution in [2.24, 2.45) is 5.92 Å². The highest BCUT2D eigenvalue weighted by Gasteiger charge is 2.38. The van der Waals surface area contributed by atoms with Crippen LogP contribution in [0.3, 0.4) is 0 Å². The summed E-state index contributed by atoms with van der Waals surface area (Å²) in [5.74, 6) is -1.45. The van der Waals surface area contributed by atoms with Crippen LogP contribution in [0.4, 0.5) is 20.2 Å². The Hall–Kier alpha value is -3.94. The number of nitrogens with zero attached hydrogens (tertiary/aromatic N) is 4. The van der Waals surface area contributed by atoms with Crippen molar-refractivity contribution in [3.8, 4) is 22.7 Å². The highest BCUT2D eigenvalue weighted by molar-refractivity contribution is 6.00. The maximum Gasteiger partial charge on any atom is 0.282 e. The SMILES string of the molecule is CC(C)c1ccccc1-n1c(=O)c2c(c3cc(F)c(-c4c(O)cccc4F)nc31)N1C[C@@H](C)CC[C@@H]1CN2C. The third-order valence-corrected chi connectivity index (χ3v) is 8.18. The topological polar surface area (TPSA) is 61.6 Å². The predicted molar refractivity (Wildman–Crippen MR) is 151 cm³/mol. The molecule has 0 unspecified atom stereocenters. The molecule has 1 N–H and O–H groups in total. The number of aromatic nitrogens is 2. The van der Waals surface area contributed by atoms with Crippen LogP contribution in [0.1, 0.15) is 45.1 Å². The Morgan fingerprint density at radius 3 is 2.51 bits per heavy atom. The van der Waals surface area contributed by atoms with E-state index in [1.54, 1.807) is 0 Å². The molecule has 202 valence electrons. The van der Waals surface area contributed by atoms with Crippen LogP contribution in [0.25, 0.3) is 28.0 Å². The first-order valence-electron chi connectivity index (χ1n) is 13.5. The van der Waals surface area contributed by atoms with E-state index in [4.69, 9.17) is 0 Å². The predicted octanol–water partition coefficient (Wildman–Crippen LogP) is 6.21. The Morgan fingerprint density at radius 1 is 1.00 bits per heavy atom. The summed E-state index contributed by atoms with van der Waals surface area (Å²) in [5.41, 5.74) is 2.09. The zero-order valence-corrected chi connectivity index (χ0v) is 22.6. The normalized spacial score (nSPS) is 18.9. The lowest BCUT2D eigenvalue weighted by Crippen LogP contribution is -2.54. The van der Waals surface area contributed by atoms with Crippen molar-refractivity contribution in [3.63, 3.8) is 0 Å². The van der Waals surface area contributed by atoms with E-state index in [9.17, 15) is 14.3 Å². The molecule has 2 atom stereocenters. The van der Waals surface area contributed by atoms with Crippen LogP contribution in [0, 0.1) is 17.6 Å². The molecule has 2 aromatic heterocycles. The zero-order chi connectivity index (χ0) is 27.6. The summed E-state index contributed by atoms with van der Waals surface area (Å²) in [6.45, 7) is 7.74. The summed E-state index contributed by atoms with van der Waals surface area (Å²) in [7, 11) is 1.91. The van der Waals surface area contributed by atoms with E-state index in [1.165, 1.54) is 22.8 Å². The molecule has 2 aromatic carbocycles. The number of rotatable bonds is 3. The van der Waals surface area contributed by atoms with E-state index in [0.29, 0.717) is 34.9 Å². The van der Waals surface area contributed by atoms with Gasteiger partial charge >= 0.3 is 0 Å². The van der Waals surface area contributed by atoms with Gasteiger partial charge in [-0.15, -0.1) is 0 Å². The number of halogens is 2. The van der Waals surface area contributed by atoms with Crippen molar-refractivity contribution in [1.29, 1.82) is 0 Å². The second kappa shape index (κ2) is 9.36. The quantitative estimate of drug-likeness (QED) is 0.341. The third kappa shape index (κ3) is 3.96. The van der Waals surface area contributed by atoms with Gasteiger partial charge in [0.1, 0.15) is 22.9 Å². The van der Waals surface area contributed by atoms with Gasteiger partial charge in [0, 0.05) is 31.6 Å². The summed E-state index contributed by atoms with van der Waals surface area (Å²) >= 11 is 0. The maximum atomic E-state index is 15.9. The van der Waals surface area contributed by atoms with Crippen LogP contribution in [0.15, 0.2) is 53.3 Å².